The average Bonchev–Trinajstić information content (AvgIpc) is 2.99. The van der Waals surface area contributed by atoms with Gasteiger partial charge in [-0.1, -0.05) is 12.1 Å². The average molecular weight is 353 g/mol. The van der Waals surface area contributed by atoms with E-state index in [9.17, 15) is 9.18 Å². The molecule has 1 amide bonds. The van der Waals surface area contributed by atoms with Crippen LogP contribution in [-0.2, 0) is 6.42 Å². The van der Waals surface area contributed by atoms with Crippen LogP contribution in [-0.4, -0.2) is 32.9 Å². The first kappa shape index (κ1) is 16.5. The Balaban J connectivity index is 1.88. The normalized spacial score (nSPS) is 14.2. The van der Waals surface area contributed by atoms with E-state index in [1.54, 1.807) is 6.07 Å². The number of anilines is 1. The highest BCUT2D eigenvalue weighted by Crippen LogP contribution is 2.30. The third-order valence-electron chi connectivity index (χ3n) is 4.24. The molecule has 3 heterocycles. The summed E-state index contributed by atoms with van der Waals surface area (Å²) in [6.45, 7) is 6.41. The lowest BCUT2D eigenvalue weighted by molar-refractivity contribution is 0.0946. The van der Waals surface area contributed by atoms with Gasteiger partial charge in [0.05, 0.1) is 11.1 Å². The van der Waals surface area contributed by atoms with Crippen molar-refractivity contribution in [2.75, 3.05) is 11.9 Å². The van der Waals surface area contributed by atoms with Gasteiger partial charge in [0, 0.05) is 35.5 Å². The first-order chi connectivity index (χ1) is 12.3. The van der Waals surface area contributed by atoms with Crippen molar-refractivity contribution < 1.29 is 9.18 Å². The Morgan fingerprint density at radius 3 is 2.73 bits per heavy atom. The summed E-state index contributed by atoms with van der Waals surface area (Å²) in [7, 11) is 0. The molecule has 2 aromatic heterocycles. The quantitative estimate of drug-likeness (QED) is 0.660. The topological polar surface area (TPSA) is 82.7 Å². The summed E-state index contributed by atoms with van der Waals surface area (Å²) in [5, 5.41) is 5.89. The number of benzene rings is 1. The van der Waals surface area contributed by atoms with Crippen LogP contribution < -0.4 is 10.6 Å². The molecule has 26 heavy (non-hydrogen) atoms. The van der Waals surface area contributed by atoms with Crippen molar-refractivity contribution in [3.8, 4) is 11.3 Å². The Hall–Kier alpha value is -2.96. The van der Waals surface area contributed by atoms with Gasteiger partial charge >= 0.3 is 0 Å². The molecule has 0 radical (unpaired) electrons. The van der Waals surface area contributed by atoms with E-state index in [0.29, 0.717) is 23.1 Å². The van der Waals surface area contributed by atoms with Crippen LogP contribution in [0.1, 0.15) is 36.8 Å². The summed E-state index contributed by atoms with van der Waals surface area (Å²) in [6.07, 6.45) is 0.753. The lowest BCUT2D eigenvalue weighted by atomic mass is 10.1. The highest BCUT2D eigenvalue weighted by Gasteiger charge is 2.22. The summed E-state index contributed by atoms with van der Waals surface area (Å²) in [5.41, 5.74) is 3.82. The molecular formula is C19H20FN5O. The lowest BCUT2D eigenvalue weighted by Crippen LogP contribution is -2.31. The predicted octanol–water partition coefficient (Wildman–Crippen LogP) is 3.26. The molecule has 1 aliphatic rings. The van der Waals surface area contributed by atoms with E-state index in [2.05, 4.69) is 25.6 Å². The number of hydrogen-bond acceptors (Lipinski definition) is 4. The molecule has 7 heteroatoms. The van der Waals surface area contributed by atoms with Crippen LogP contribution >= 0.6 is 0 Å². The summed E-state index contributed by atoms with van der Waals surface area (Å²) >= 11 is 0. The van der Waals surface area contributed by atoms with Gasteiger partial charge in [-0.3, -0.25) is 4.79 Å². The number of aromatic nitrogens is 3. The van der Waals surface area contributed by atoms with E-state index in [4.69, 9.17) is 0 Å². The fourth-order valence-corrected chi connectivity index (χ4v) is 3.15. The number of para-hydroxylation sites is 1. The summed E-state index contributed by atoms with van der Waals surface area (Å²) < 4.78 is 14.3. The van der Waals surface area contributed by atoms with Crippen molar-refractivity contribution in [3.63, 3.8) is 0 Å². The number of rotatable bonds is 2. The van der Waals surface area contributed by atoms with Crippen LogP contribution in [0.2, 0.25) is 0 Å². The minimum absolute atomic E-state index is 0.0822. The maximum absolute atomic E-state index is 14.3. The molecular weight excluding hydrogens is 333 g/mol. The number of halogens is 1. The number of H-pyrrole nitrogens is 1. The Morgan fingerprint density at radius 1 is 1.19 bits per heavy atom. The highest BCUT2D eigenvalue weighted by molar-refractivity contribution is 5.99. The van der Waals surface area contributed by atoms with Crippen molar-refractivity contribution in [1.29, 1.82) is 0 Å². The summed E-state index contributed by atoms with van der Waals surface area (Å²) in [4.78, 5) is 23.9. The van der Waals surface area contributed by atoms with E-state index in [1.165, 1.54) is 0 Å². The number of nitrogens with zero attached hydrogens (tertiary/aromatic N) is 2. The van der Waals surface area contributed by atoms with Crippen molar-refractivity contribution in [2.24, 2.45) is 0 Å². The van der Waals surface area contributed by atoms with E-state index < -0.39 is 5.95 Å². The minimum atomic E-state index is -0.630. The second kappa shape index (κ2) is 5.79. The smallest absolute Gasteiger partial charge is 0.256 e. The van der Waals surface area contributed by atoms with Crippen molar-refractivity contribution in [1.82, 2.24) is 20.3 Å². The summed E-state index contributed by atoms with van der Waals surface area (Å²) in [5.74, 6) is -0.595. The number of carbonyl (C=O) groups is 1. The van der Waals surface area contributed by atoms with Crippen LogP contribution in [0, 0.1) is 5.95 Å². The van der Waals surface area contributed by atoms with Gasteiger partial charge in [0.15, 0.2) is 5.82 Å². The predicted molar refractivity (Wildman–Crippen MR) is 98.7 cm³/mol. The second-order valence-electron chi connectivity index (χ2n) is 7.49. The Morgan fingerprint density at radius 2 is 2.00 bits per heavy atom. The second-order valence-corrected chi connectivity index (χ2v) is 7.49. The molecule has 4 rings (SSSR count). The van der Waals surface area contributed by atoms with Crippen molar-refractivity contribution in [3.05, 3.63) is 41.5 Å². The number of carbonyl (C=O) groups excluding carboxylic acids is 1. The molecule has 0 unspecified atom stereocenters. The Labute approximate surface area is 150 Å². The largest absolute Gasteiger partial charge is 0.362 e. The van der Waals surface area contributed by atoms with Gasteiger partial charge in [-0.15, -0.1) is 0 Å². The first-order valence-corrected chi connectivity index (χ1v) is 8.57. The molecule has 0 saturated carbocycles. The Kier molecular flexibility index (Phi) is 3.68. The first-order valence-electron chi connectivity index (χ1n) is 8.57. The maximum Gasteiger partial charge on any atom is 0.256 e. The highest BCUT2D eigenvalue weighted by atomic mass is 19.1. The van der Waals surface area contributed by atoms with Gasteiger partial charge in [0.2, 0.25) is 0 Å². The van der Waals surface area contributed by atoms with Crippen molar-refractivity contribution >= 4 is 22.8 Å². The maximum atomic E-state index is 14.3. The van der Waals surface area contributed by atoms with Gasteiger partial charge in [0.25, 0.3) is 11.9 Å². The van der Waals surface area contributed by atoms with Gasteiger partial charge in [-0.2, -0.15) is 4.39 Å². The standard InChI is InChI=1S/C19H20FN5O/c1-19(2,3)25-17-16(20)23-13-6-4-5-10(15(13)24-17)14-9-11-12(22-14)7-8-21-18(11)26/h4-6,9,22H,7-8H2,1-3H3,(H,21,26)(H,24,25). The molecule has 0 bridgehead atoms. The van der Waals surface area contributed by atoms with Crippen LogP contribution in [0.4, 0.5) is 10.2 Å². The zero-order valence-electron chi connectivity index (χ0n) is 14.9. The van der Waals surface area contributed by atoms with Crippen LogP contribution in [0.5, 0.6) is 0 Å². The molecule has 0 fully saturated rings. The minimum Gasteiger partial charge on any atom is -0.362 e. The molecule has 0 saturated heterocycles. The molecule has 0 aliphatic carbocycles. The van der Waals surface area contributed by atoms with Crippen LogP contribution in [0.25, 0.3) is 22.3 Å². The van der Waals surface area contributed by atoms with E-state index in [-0.39, 0.29) is 17.3 Å². The molecule has 1 aliphatic heterocycles. The van der Waals surface area contributed by atoms with E-state index >= 15 is 0 Å². The third kappa shape index (κ3) is 2.89. The van der Waals surface area contributed by atoms with Crippen LogP contribution in [0.15, 0.2) is 24.3 Å². The fourth-order valence-electron chi connectivity index (χ4n) is 3.15. The molecule has 1 aromatic carbocycles. The van der Waals surface area contributed by atoms with Gasteiger partial charge in [-0.05, 0) is 32.9 Å². The SMILES string of the molecule is CC(C)(C)Nc1nc2c(-c3cc4c([nH]3)CCNC4=O)cccc2nc1F. The zero-order chi connectivity index (χ0) is 18.5. The molecule has 0 atom stereocenters. The van der Waals surface area contributed by atoms with E-state index in [1.807, 2.05) is 39.0 Å². The van der Waals surface area contributed by atoms with Gasteiger partial charge in [-0.25, -0.2) is 9.97 Å². The molecule has 0 spiro atoms. The Bertz CT molecular complexity index is 1020. The van der Waals surface area contributed by atoms with Gasteiger partial charge in [0.1, 0.15) is 5.52 Å². The number of fused-ring (bicyclic) bond motifs is 2. The molecule has 3 N–H and O–H groups in total. The molecule has 134 valence electrons. The number of aromatic amines is 1. The summed E-state index contributed by atoms with van der Waals surface area (Å²) in [6, 6.07) is 7.25. The van der Waals surface area contributed by atoms with Crippen LogP contribution in [0.3, 0.4) is 0 Å². The lowest BCUT2D eigenvalue weighted by Gasteiger charge is -2.21. The number of hydrogen-bond donors (Lipinski definition) is 3. The fraction of sp³-hybridized carbons (Fsp3) is 0.316. The zero-order valence-corrected chi connectivity index (χ0v) is 14.9. The number of nitrogens with one attached hydrogen (secondary N) is 3. The van der Waals surface area contributed by atoms with Gasteiger partial charge < -0.3 is 15.6 Å². The molecule has 6 nitrogen and oxygen atoms in total. The molecule has 3 aromatic rings. The van der Waals surface area contributed by atoms with E-state index in [0.717, 1.165) is 23.4 Å². The monoisotopic (exact) mass is 353 g/mol. The third-order valence-corrected chi connectivity index (χ3v) is 4.24. The number of amides is 1. The van der Waals surface area contributed by atoms with Crippen molar-refractivity contribution in [2.45, 2.75) is 32.7 Å².